The molecule has 0 saturated heterocycles. The number of rotatable bonds is 12. The zero-order valence-corrected chi connectivity index (χ0v) is 22.5. The largest absolute Gasteiger partial charge is 0.545 e. The van der Waals surface area contributed by atoms with Crippen LogP contribution in [0.4, 0.5) is 5.69 Å². The third-order valence-corrected chi connectivity index (χ3v) is 5.48. The minimum absolute atomic E-state index is 0.0688. The average molecular weight is 522 g/mol. The van der Waals surface area contributed by atoms with Gasteiger partial charge in [-0.05, 0) is 84.5 Å². The number of benzene rings is 2. The highest BCUT2D eigenvalue weighted by molar-refractivity contribution is 6.11. The molecule has 0 aliphatic rings. The van der Waals surface area contributed by atoms with Crippen LogP contribution < -0.4 is 21.5 Å². The van der Waals surface area contributed by atoms with Gasteiger partial charge < -0.3 is 36.1 Å². The lowest BCUT2D eigenvalue weighted by Crippen LogP contribution is -2.27. The van der Waals surface area contributed by atoms with Gasteiger partial charge in [0.1, 0.15) is 0 Å². The molecule has 0 saturated carbocycles. The Labute approximate surface area is 223 Å². The van der Waals surface area contributed by atoms with Crippen LogP contribution in [-0.4, -0.2) is 86.9 Å². The van der Waals surface area contributed by atoms with Crippen LogP contribution in [0.15, 0.2) is 54.6 Å². The maximum atomic E-state index is 12.9. The molecule has 10 heteroatoms. The number of hydrogen-bond acceptors (Lipinski definition) is 8. The molecule has 38 heavy (non-hydrogen) atoms. The fourth-order valence-corrected chi connectivity index (χ4v) is 3.66. The second-order valence-electron chi connectivity index (χ2n) is 9.29. The molecular formula is C28H37N6O4-. The molecule has 0 atom stereocenters. The number of aromatic nitrogens is 1. The molecule has 0 radical (unpaired) electrons. The number of hydrogen-bond donors (Lipinski definition) is 3. The van der Waals surface area contributed by atoms with Crippen molar-refractivity contribution in [3.8, 4) is 0 Å². The van der Waals surface area contributed by atoms with E-state index >= 15 is 0 Å². The van der Waals surface area contributed by atoms with Gasteiger partial charge in [-0.15, -0.1) is 0 Å². The van der Waals surface area contributed by atoms with Gasteiger partial charge in [-0.2, -0.15) is 0 Å². The predicted molar refractivity (Wildman–Crippen MR) is 150 cm³/mol. The normalized spacial score (nSPS) is 11.1. The summed E-state index contributed by atoms with van der Waals surface area (Å²) in [7, 11) is 8.23. The third-order valence-electron chi connectivity index (χ3n) is 5.48. The standard InChI is InChI=1S/C24H33N5O.C4H5NO3/c1-28(2)15-7-13-25-22-12-11-19(24(30)26-14-8-16-29(3)4)23-20(22)17-18-9-5-6-10-21(18)27-23;5-3(6)1-2-4(7)8/h5-6,9-12,17,25H,7-8,13-16H2,1-4H3,(H,26,30);1-2H,(H2,5,6)(H,7,8)/p-1/b;2-1-. The van der Waals surface area contributed by atoms with E-state index in [9.17, 15) is 19.5 Å². The van der Waals surface area contributed by atoms with Crippen LogP contribution in [0, 0.1) is 0 Å². The number of carboxylic acids is 1. The Morgan fingerprint density at radius 1 is 0.947 bits per heavy atom. The maximum absolute atomic E-state index is 12.9. The smallest absolute Gasteiger partial charge is 0.253 e. The maximum Gasteiger partial charge on any atom is 0.253 e. The van der Waals surface area contributed by atoms with Crippen molar-refractivity contribution in [3.05, 3.63) is 60.2 Å². The fraction of sp³-hybridized carbons (Fsp3) is 0.357. The highest BCUT2D eigenvalue weighted by atomic mass is 16.4. The van der Waals surface area contributed by atoms with Crippen LogP contribution in [0.1, 0.15) is 23.2 Å². The zero-order chi connectivity index (χ0) is 28.1. The number of carbonyl (C=O) groups excluding carboxylic acids is 3. The first-order valence-corrected chi connectivity index (χ1v) is 12.4. The number of pyridine rings is 1. The summed E-state index contributed by atoms with van der Waals surface area (Å²) in [6.45, 7) is 3.49. The summed E-state index contributed by atoms with van der Waals surface area (Å²) in [6.07, 6.45) is 3.25. The van der Waals surface area contributed by atoms with Gasteiger partial charge in [0.15, 0.2) is 0 Å². The Morgan fingerprint density at radius 2 is 1.61 bits per heavy atom. The Kier molecular flexibility index (Phi) is 12.1. The first-order chi connectivity index (χ1) is 18.1. The fourth-order valence-electron chi connectivity index (χ4n) is 3.66. The van der Waals surface area contributed by atoms with Gasteiger partial charge in [-0.3, -0.25) is 9.59 Å². The highest BCUT2D eigenvalue weighted by Crippen LogP contribution is 2.29. The summed E-state index contributed by atoms with van der Waals surface area (Å²) >= 11 is 0. The molecule has 10 nitrogen and oxygen atoms in total. The van der Waals surface area contributed by atoms with Gasteiger partial charge >= 0.3 is 0 Å². The van der Waals surface area contributed by atoms with Crippen molar-refractivity contribution >= 4 is 45.3 Å². The molecule has 204 valence electrons. The van der Waals surface area contributed by atoms with E-state index in [0.717, 1.165) is 66.0 Å². The summed E-state index contributed by atoms with van der Waals surface area (Å²) in [4.78, 5) is 41.3. The number of nitrogens with two attached hydrogens (primary N) is 1. The molecule has 0 bridgehead atoms. The number of primary amides is 1. The minimum atomic E-state index is -1.43. The zero-order valence-electron chi connectivity index (χ0n) is 22.5. The van der Waals surface area contributed by atoms with Crippen LogP contribution in [0.25, 0.3) is 21.8 Å². The topological polar surface area (TPSA) is 144 Å². The van der Waals surface area contributed by atoms with Crippen molar-refractivity contribution in [2.75, 3.05) is 59.7 Å². The molecule has 4 N–H and O–H groups in total. The SMILES string of the molecule is CN(C)CCCNC(=O)c1ccc(NCCCN(C)C)c2cc3ccccc3nc12.NC(=O)/C=C\C(=O)[O-]. The number of carboxylic acid groups (broad SMARTS) is 1. The van der Waals surface area contributed by atoms with E-state index in [1.807, 2.05) is 44.4 Å². The molecule has 0 aliphatic carbocycles. The van der Waals surface area contributed by atoms with Crippen molar-refractivity contribution in [2.24, 2.45) is 5.73 Å². The molecular weight excluding hydrogens is 484 g/mol. The van der Waals surface area contributed by atoms with E-state index < -0.39 is 11.9 Å². The van der Waals surface area contributed by atoms with Gasteiger partial charge in [0.2, 0.25) is 5.91 Å². The highest BCUT2D eigenvalue weighted by Gasteiger charge is 2.15. The molecule has 1 aromatic heterocycles. The third kappa shape index (κ3) is 10.2. The predicted octanol–water partition coefficient (Wildman–Crippen LogP) is 1.21. The summed E-state index contributed by atoms with van der Waals surface area (Å²) in [5.41, 5.74) is 7.81. The van der Waals surface area contributed by atoms with Gasteiger partial charge in [0.05, 0.1) is 22.6 Å². The number of nitrogens with zero attached hydrogens (tertiary/aromatic N) is 3. The number of anilines is 1. The second-order valence-corrected chi connectivity index (χ2v) is 9.29. The number of carbonyl (C=O) groups is 3. The lowest BCUT2D eigenvalue weighted by atomic mass is 10.0. The molecule has 3 aromatic rings. The first kappa shape index (κ1) is 30.2. The van der Waals surface area contributed by atoms with Crippen molar-refractivity contribution in [3.63, 3.8) is 0 Å². The number of aliphatic carboxylic acids is 1. The van der Waals surface area contributed by atoms with Crippen LogP contribution in [0.2, 0.25) is 0 Å². The van der Waals surface area contributed by atoms with Crippen LogP contribution in [0.5, 0.6) is 0 Å². The van der Waals surface area contributed by atoms with Gasteiger partial charge in [0.25, 0.3) is 5.91 Å². The Bertz CT molecular complexity index is 1260. The Hall–Kier alpha value is -4.02. The van der Waals surface area contributed by atoms with E-state index in [4.69, 9.17) is 4.98 Å². The average Bonchev–Trinajstić information content (AvgIpc) is 2.86. The van der Waals surface area contributed by atoms with E-state index in [-0.39, 0.29) is 5.91 Å². The quantitative estimate of drug-likeness (QED) is 0.183. The van der Waals surface area contributed by atoms with Crippen molar-refractivity contribution in [1.29, 1.82) is 0 Å². The number of nitrogens with one attached hydrogen (secondary N) is 2. The van der Waals surface area contributed by atoms with Crippen molar-refractivity contribution in [2.45, 2.75) is 12.8 Å². The molecule has 2 amide bonds. The van der Waals surface area contributed by atoms with E-state index in [0.29, 0.717) is 18.2 Å². The monoisotopic (exact) mass is 521 g/mol. The molecule has 3 rings (SSSR count). The Morgan fingerprint density at radius 3 is 2.21 bits per heavy atom. The second kappa shape index (κ2) is 15.3. The summed E-state index contributed by atoms with van der Waals surface area (Å²) in [5, 5.41) is 18.1. The number of para-hydroxylation sites is 1. The van der Waals surface area contributed by atoms with Crippen molar-refractivity contribution in [1.82, 2.24) is 20.1 Å². The van der Waals surface area contributed by atoms with Crippen molar-refractivity contribution < 1.29 is 19.5 Å². The molecule has 0 aliphatic heterocycles. The molecule has 0 fully saturated rings. The minimum Gasteiger partial charge on any atom is -0.545 e. The van der Waals surface area contributed by atoms with Crippen LogP contribution >= 0.6 is 0 Å². The summed E-state index contributed by atoms with van der Waals surface area (Å²) in [6, 6.07) is 14.1. The van der Waals surface area contributed by atoms with Gasteiger partial charge in [-0.1, -0.05) is 18.2 Å². The number of amides is 2. The lowest BCUT2D eigenvalue weighted by molar-refractivity contribution is -0.297. The number of fused-ring (bicyclic) bond motifs is 2. The molecule has 0 spiro atoms. The molecule has 0 unspecified atom stereocenters. The van der Waals surface area contributed by atoms with Gasteiger partial charge in [0, 0.05) is 35.6 Å². The van der Waals surface area contributed by atoms with E-state index in [2.05, 4.69) is 52.4 Å². The van der Waals surface area contributed by atoms with Gasteiger partial charge in [-0.25, -0.2) is 4.98 Å². The molecule has 1 heterocycles. The van der Waals surface area contributed by atoms with E-state index in [1.165, 1.54) is 0 Å². The van der Waals surface area contributed by atoms with Crippen LogP contribution in [-0.2, 0) is 9.59 Å². The Balaban J connectivity index is 0.000000550. The lowest BCUT2D eigenvalue weighted by Gasteiger charge is -2.15. The van der Waals surface area contributed by atoms with Crippen LogP contribution in [0.3, 0.4) is 0 Å². The van der Waals surface area contributed by atoms with E-state index in [1.54, 1.807) is 0 Å². The summed E-state index contributed by atoms with van der Waals surface area (Å²) < 4.78 is 0. The molecule has 2 aromatic carbocycles. The summed E-state index contributed by atoms with van der Waals surface area (Å²) in [5.74, 6) is -2.29. The first-order valence-electron chi connectivity index (χ1n) is 12.4.